The van der Waals surface area contributed by atoms with Crippen molar-refractivity contribution in [3.05, 3.63) is 106 Å². The van der Waals surface area contributed by atoms with Gasteiger partial charge in [0.1, 0.15) is 29.2 Å². The van der Waals surface area contributed by atoms with Gasteiger partial charge in [0.25, 0.3) is 11.8 Å². The van der Waals surface area contributed by atoms with E-state index in [1.807, 2.05) is 60.7 Å². The van der Waals surface area contributed by atoms with Gasteiger partial charge in [0, 0.05) is 11.5 Å². The average molecular weight is 644 g/mol. The van der Waals surface area contributed by atoms with Crippen molar-refractivity contribution in [1.82, 2.24) is 19.6 Å². The van der Waals surface area contributed by atoms with E-state index in [2.05, 4.69) is 19.9 Å². The molecule has 2 amide bonds. The minimum Gasteiger partial charge on any atom is -0.508 e. The molecule has 3 heterocycles. The SMILES string of the molecule is O=NC(C(=O)NC1C(=O)N2C(C(=O)OC(c3ccccc3)c3ccccc3)=C(CSc3ncns3)CS[C@@H]12)=C(O)CCl. The first-order chi connectivity index (χ1) is 20.4. The number of hydrogen-bond acceptors (Lipinski definition) is 12. The first-order valence-electron chi connectivity index (χ1n) is 12.4. The van der Waals surface area contributed by atoms with Gasteiger partial charge in [-0.25, -0.2) is 9.78 Å². The van der Waals surface area contributed by atoms with Crippen LogP contribution in [-0.2, 0) is 19.1 Å². The van der Waals surface area contributed by atoms with Crippen molar-refractivity contribution in [3.8, 4) is 0 Å². The molecule has 1 saturated heterocycles. The number of aromatic nitrogens is 2. The Morgan fingerprint density at radius 1 is 1.17 bits per heavy atom. The number of amides is 2. The molecule has 216 valence electrons. The number of halogens is 1. The molecule has 2 N–H and O–H groups in total. The smallest absolute Gasteiger partial charge is 0.356 e. The van der Waals surface area contributed by atoms with E-state index in [9.17, 15) is 24.4 Å². The van der Waals surface area contributed by atoms with Crippen LogP contribution in [0.2, 0.25) is 0 Å². The van der Waals surface area contributed by atoms with Crippen molar-refractivity contribution in [3.63, 3.8) is 0 Å². The van der Waals surface area contributed by atoms with Crippen LogP contribution in [0.15, 0.2) is 99.2 Å². The number of esters is 1. The molecule has 0 bridgehead atoms. The normalized spacial score (nSPS) is 18.6. The molecule has 2 aliphatic rings. The number of allylic oxidation sites excluding steroid dienone is 1. The van der Waals surface area contributed by atoms with E-state index in [1.54, 1.807) is 0 Å². The lowest BCUT2D eigenvalue weighted by atomic mass is 10.0. The number of thioether (sulfide) groups is 2. The zero-order valence-electron chi connectivity index (χ0n) is 21.6. The number of rotatable bonds is 11. The van der Waals surface area contributed by atoms with Crippen molar-refractivity contribution >= 4 is 64.4 Å². The second kappa shape index (κ2) is 13.5. The number of aliphatic hydroxyl groups is 1. The molecule has 0 spiro atoms. The highest BCUT2D eigenvalue weighted by Crippen LogP contribution is 2.43. The summed E-state index contributed by atoms with van der Waals surface area (Å²) < 4.78 is 10.8. The highest BCUT2D eigenvalue weighted by atomic mass is 35.5. The van der Waals surface area contributed by atoms with Crippen molar-refractivity contribution in [1.29, 1.82) is 0 Å². The number of alkyl halides is 1. The maximum absolute atomic E-state index is 14.0. The minimum atomic E-state index is -1.07. The van der Waals surface area contributed by atoms with E-state index in [1.165, 1.54) is 46.3 Å². The monoisotopic (exact) mass is 643 g/mol. The highest BCUT2D eigenvalue weighted by Gasteiger charge is 2.55. The summed E-state index contributed by atoms with van der Waals surface area (Å²) in [4.78, 5) is 56.6. The Morgan fingerprint density at radius 3 is 2.40 bits per heavy atom. The van der Waals surface area contributed by atoms with E-state index in [-0.39, 0.29) is 5.70 Å². The third kappa shape index (κ3) is 6.21. The van der Waals surface area contributed by atoms with Crippen molar-refractivity contribution < 1.29 is 24.2 Å². The lowest BCUT2D eigenvalue weighted by molar-refractivity contribution is -0.154. The third-order valence-electron chi connectivity index (χ3n) is 6.37. The summed E-state index contributed by atoms with van der Waals surface area (Å²) >= 11 is 9.47. The molecule has 2 aromatic carbocycles. The number of nitrogens with zero attached hydrogens (tertiary/aromatic N) is 4. The molecular formula is C27H22ClN5O6S3. The molecule has 15 heteroatoms. The summed E-state index contributed by atoms with van der Waals surface area (Å²) in [7, 11) is 0. The molecule has 2 atom stereocenters. The van der Waals surface area contributed by atoms with Gasteiger partial charge in [0.05, 0.1) is 5.88 Å². The second-order valence-corrected chi connectivity index (χ2v) is 12.3. The zero-order chi connectivity index (χ0) is 29.6. The summed E-state index contributed by atoms with van der Waals surface area (Å²) in [6, 6.07) is 17.5. The fraction of sp³-hybridized carbons (Fsp3) is 0.222. The van der Waals surface area contributed by atoms with Crippen LogP contribution < -0.4 is 5.32 Å². The van der Waals surface area contributed by atoms with Crippen molar-refractivity contribution in [2.45, 2.75) is 21.9 Å². The largest absolute Gasteiger partial charge is 0.508 e. The molecule has 3 aromatic rings. The predicted octanol–water partition coefficient (Wildman–Crippen LogP) is 4.39. The van der Waals surface area contributed by atoms with Crippen LogP contribution in [0.5, 0.6) is 0 Å². The number of carbonyl (C=O) groups is 3. The molecule has 1 aromatic heterocycles. The number of β-lactam (4-membered cyclic amide) rings is 1. The molecule has 0 aliphatic carbocycles. The Kier molecular flexibility index (Phi) is 9.57. The van der Waals surface area contributed by atoms with E-state index >= 15 is 0 Å². The number of hydrogen-bond donors (Lipinski definition) is 2. The highest BCUT2D eigenvalue weighted by molar-refractivity contribution is 8.01. The number of nitroso groups, excluding NO2 is 1. The van der Waals surface area contributed by atoms with Crippen LogP contribution in [0.4, 0.5) is 0 Å². The molecule has 1 unspecified atom stereocenters. The molecular weight excluding hydrogens is 622 g/mol. The first-order valence-corrected chi connectivity index (χ1v) is 15.8. The molecule has 0 radical (unpaired) electrons. The molecule has 0 saturated carbocycles. The fourth-order valence-electron chi connectivity index (χ4n) is 4.40. The Morgan fingerprint density at radius 2 is 1.83 bits per heavy atom. The maximum Gasteiger partial charge on any atom is 0.356 e. The Balaban J connectivity index is 1.44. The first kappa shape index (κ1) is 29.8. The standard InChI is InChI=1S/C27H22ClN5O6S3/c28-11-18(34)19(32-38)23(35)31-20-24(36)33-21(17(12-40-25(20)33)13-41-27-29-14-30-42-27)26(37)39-22(15-7-3-1-4-8-15)16-9-5-2-6-10-16/h1-10,14,20,22,25,34H,11-13H2,(H,31,35)/t20?,25-/m0/s1. The second-order valence-electron chi connectivity index (χ2n) is 8.94. The number of nitrogens with one attached hydrogen (secondary N) is 1. The maximum atomic E-state index is 14.0. The van der Waals surface area contributed by atoms with Gasteiger partial charge >= 0.3 is 5.97 Å². The molecule has 1 fully saturated rings. The van der Waals surface area contributed by atoms with Crippen LogP contribution in [0, 0.1) is 4.91 Å². The number of ether oxygens (including phenoxy) is 1. The molecule has 2 aliphatic heterocycles. The van der Waals surface area contributed by atoms with Crippen molar-refractivity contribution in [2.24, 2.45) is 5.18 Å². The van der Waals surface area contributed by atoms with Gasteiger partial charge < -0.3 is 15.2 Å². The van der Waals surface area contributed by atoms with Gasteiger partial charge in [-0.3, -0.25) is 14.5 Å². The number of aliphatic hydroxyl groups excluding tert-OH is 1. The topological polar surface area (TPSA) is 151 Å². The summed E-state index contributed by atoms with van der Waals surface area (Å²) in [6.45, 7) is 0. The Hall–Kier alpha value is -3.72. The van der Waals surface area contributed by atoms with Gasteiger partial charge in [0.2, 0.25) is 5.70 Å². The van der Waals surface area contributed by atoms with Gasteiger partial charge in [-0.2, -0.15) is 4.37 Å². The van der Waals surface area contributed by atoms with Gasteiger partial charge in [-0.1, -0.05) is 72.4 Å². The zero-order valence-corrected chi connectivity index (χ0v) is 24.8. The molecule has 11 nitrogen and oxygen atoms in total. The lowest BCUT2D eigenvalue weighted by Gasteiger charge is -2.49. The van der Waals surface area contributed by atoms with Crippen LogP contribution in [0.25, 0.3) is 0 Å². The minimum absolute atomic E-state index is 0.0935. The Bertz CT molecular complexity index is 1500. The van der Waals surface area contributed by atoms with E-state index in [4.69, 9.17) is 16.3 Å². The van der Waals surface area contributed by atoms with Crippen LogP contribution in [0.3, 0.4) is 0 Å². The number of carbonyl (C=O) groups excluding carboxylic acids is 3. The van der Waals surface area contributed by atoms with Crippen LogP contribution >= 0.6 is 46.7 Å². The summed E-state index contributed by atoms with van der Waals surface area (Å²) in [5.74, 6) is -2.81. The van der Waals surface area contributed by atoms with E-state index in [0.29, 0.717) is 21.4 Å². The lowest BCUT2D eigenvalue weighted by Crippen LogP contribution is -2.70. The summed E-state index contributed by atoms with van der Waals surface area (Å²) in [5.41, 5.74) is 1.45. The number of benzene rings is 2. The van der Waals surface area contributed by atoms with E-state index < -0.39 is 52.6 Å². The van der Waals surface area contributed by atoms with Crippen LogP contribution in [-0.4, -0.2) is 65.9 Å². The number of fused-ring (bicyclic) bond motifs is 1. The fourth-order valence-corrected chi connectivity index (χ4v) is 7.46. The van der Waals surface area contributed by atoms with Crippen molar-refractivity contribution in [2.75, 3.05) is 17.4 Å². The van der Waals surface area contributed by atoms with Gasteiger partial charge in [-0.05, 0) is 33.4 Å². The molecule has 5 rings (SSSR count). The average Bonchev–Trinajstić information content (AvgIpc) is 3.55. The summed E-state index contributed by atoms with van der Waals surface area (Å²) in [5, 5.41) is 14.1. The van der Waals surface area contributed by atoms with E-state index in [0.717, 1.165) is 11.1 Å². The third-order valence-corrected chi connectivity index (χ3v) is 9.85. The van der Waals surface area contributed by atoms with Crippen LogP contribution in [0.1, 0.15) is 17.2 Å². The summed E-state index contributed by atoms with van der Waals surface area (Å²) in [6.07, 6.45) is 0.701. The molecule has 42 heavy (non-hydrogen) atoms. The van der Waals surface area contributed by atoms with Gasteiger partial charge in [-0.15, -0.1) is 28.3 Å². The Labute approximate surface area is 257 Å². The quantitative estimate of drug-likeness (QED) is 0.0585. The predicted molar refractivity (Wildman–Crippen MR) is 160 cm³/mol. The van der Waals surface area contributed by atoms with Gasteiger partial charge in [0.15, 0.2) is 10.4 Å².